The van der Waals surface area contributed by atoms with Crippen LogP contribution in [-0.4, -0.2) is 50.5 Å². The van der Waals surface area contributed by atoms with E-state index in [1.54, 1.807) is 6.92 Å². The zero-order chi connectivity index (χ0) is 32.4. The molecule has 228 valence electrons. The molecule has 0 fully saturated rings. The summed E-state index contributed by atoms with van der Waals surface area (Å²) < 4.78 is 109. The van der Waals surface area contributed by atoms with Gasteiger partial charge < -0.3 is 24.3 Å². The largest absolute Gasteiger partial charge is 1.00 e. The maximum absolute atomic E-state index is 13.8. The number of anilines is 4. The van der Waals surface area contributed by atoms with Crippen molar-refractivity contribution in [2.24, 2.45) is 0 Å². The number of benzene rings is 4. The Bertz CT molecular complexity index is 2220. The number of carbonyl (C=O) groups is 2. The van der Waals surface area contributed by atoms with Crippen molar-refractivity contribution in [3.8, 4) is 0 Å². The molecule has 0 spiro atoms. The number of ketones is 2. The topological polar surface area (TPSA) is 230 Å². The van der Waals surface area contributed by atoms with Crippen LogP contribution < -0.4 is 99.3 Å². The van der Waals surface area contributed by atoms with E-state index in [1.165, 1.54) is 49.4 Å². The van der Waals surface area contributed by atoms with Crippen LogP contribution in [0.5, 0.6) is 0 Å². The average Bonchev–Trinajstić information content (AvgIpc) is 2.92. The summed E-state index contributed by atoms with van der Waals surface area (Å²) in [6, 6.07) is 13.6. The van der Waals surface area contributed by atoms with Crippen LogP contribution in [0.1, 0.15) is 43.0 Å². The van der Waals surface area contributed by atoms with E-state index in [4.69, 9.17) is 0 Å². The second-order valence-corrected chi connectivity index (χ2v) is 13.9. The molecule has 1 aliphatic carbocycles. The molecule has 0 amide bonds. The minimum absolute atomic E-state index is 0. The molecular formula is C28H19N2Na3O11S3. The first kappa shape index (κ1) is 41.7. The van der Waals surface area contributed by atoms with Gasteiger partial charge in [0.05, 0.1) is 48.6 Å². The van der Waals surface area contributed by atoms with Gasteiger partial charge in [-0.1, -0.05) is 30.3 Å². The van der Waals surface area contributed by atoms with Gasteiger partial charge in [-0.3, -0.25) is 9.59 Å². The van der Waals surface area contributed by atoms with Crippen molar-refractivity contribution in [2.75, 3.05) is 10.6 Å². The number of hydrogen-bond donors (Lipinski definition) is 2. The maximum atomic E-state index is 13.8. The zero-order valence-corrected chi connectivity index (χ0v) is 34.0. The molecule has 0 bridgehead atoms. The molecule has 0 saturated carbocycles. The molecular weight excluding hydrogens is 705 g/mol. The first-order valence-corrected chi connectivity index (χ1v) is 16.6. The fourth-order valence-electron chi connectivity index (χ4n) is 4.89. The SMILES string of the molecule is Cc1ccc(Nc2ccc(Nc3c(S(=O)(=O)[O-])cc(C)cc3S(=O)(=O)[O-])c3c2C(=O)c2ccccc2C3=O)c(S(=O)(=O)[O-])c1.[Na+].[Na+].[Na+]. The number of carbonyl (C=O) groups excluding carboxylic acids is 2. The average molecular weight is 725 g/mol. The van der Waals surface area contributed by atoms with Crippen molar-refractivity contribution in [3.63, 3.8) is 0 Å². The molecule has 0 saturated heterocycles. The predicted octanol–water partition coefficient (Wildman–Crippen LogP) is -5.71. The summed E-state index contributed by atoms with van der Waals surface area (Å²) in [7, 11) is -15.8. The fourth-order valence-corrected chi connectivity index (χ4v) is 7.15. The third-order valence-corrected chi connectivity index (χ3v) is 9.36. The molecule has 47 heavy (non-hydrogen) atoms. The summed E-state index contributed by atoms with van der Waals surface area (Å²) in [6.07, 6.45) is 0. The summed E-state index contributed by atoms with van der Waals surface area (Å²) >= 11 is 0. The van der Waals surface area contributed by atoms with E-state index in [0.717, 1.165) is 24.3 Å². The molecule has 4 aromatic carbocycles. The van der Waals surface area contributed by atoms with Crippen molar-refractivity contribution < 1.29 is 137 Å². The second-order valence-electron chi connectivity index (χ2n) is 9.86. The molecule has 5 rings (SSSR count). The van der Waals surface area contributed by atoms with Gasteiger partial charge in [-0.15, -0.1) is 0 Å². The van der Waals surface area contributed by atoms with Gasteiger partial charge in [0, 0.05) is 11.1 Å². The minimum atomic E-state index is -5.39. The van der Waals surface area contributed by atoms with Gasteiger partial charge >= 0.3 is 88.7 Å². The summed E-state index contributed by atoms with van der Waals surface area (Å²) in [5.41, 5.74) is -2.09. The first-order valence-electron chi connectivity index (χ1n) is 12.4. The van der Waals surface area contributed by atoms with E-state index in [2.05, 4.69) is 10.6 Å². The Kier molecular flexibility index (Phi) is 13.5. The van der Waals surface area contributed by atoms with E-state index in [1.807, 2.05) is 0 Å². The van der Waals surface area contributed by atoms with Gasteiger partial charge in [0.1, 0.15) is 30.4 Å². The van der Waals surface area contributed by atoms with Gasteiger partial charge in [-0.25, -0.2) is 25.3 Å². The Balaban J connectivity index is 0.00000256. The van der Waals surface area contributed by atoms with Crippen LogP contribution in [-0.2, 0) is 30.4 Å². The third kappa shape index (κ3) is 8.48. The molecule has 0 radical (unpaired) electrons. The standard InChI is InChI=1S/C28H22N2O11S3.3Na/c1-14-7-8-18(21(11-14)42(33,34)35)29-19-9-10-20(25-24(19)27(31)16-5-3-4-6-17(16)28(25)32)30-26-22(43(36,37)38)12-15(2)13-23(26)44(39,40)41;;;/h3-13,29-30H,1-2H3,(H,33,34,35)(H,36,37,38)(H,39,40,41);;;/q;3*+1/p-3. The van der Waals surface area contributed by atoms with Crippen molar-refractivity contribution in [1.82, 2.24) is 0 Å². The molecule has 4 aromatic rings. The van der Waals surface area contributed by atoms with Crippen LogP contribution in [0.25, 0.3) is 0 Å². The van der Waals surface area contributed by atoms with E-state index in [0.29, 0.717) is 5.56 Å². The number of fused-ring (bicyclic) bond motifs is 2. The third-order valence-electron chi connectivity index (χ3n) is 6.76. The zero-order valence-electron chi connectivity index (χ0n) is 25.6. The number of rotatable bonds is 7. The Morgan fingerprint density at radius 2 is 0.894 bits per heavy atom. The first-order chi connectivity index (χ1) is 20.4. The Hall–Kier alpha value is -1.45. The van der Waals surface area contributed by atoms with Gasteiger partial charge in [0.15, 0.2) is 11.6 Å². The summed E-state index contributed by atoms with van der Waals surface area (Å²) in [6.45, 7) is 2.81. The minimum Gasteiger partial charge on any atom is -0.744 e. The van der Waals surface area contributed by atoms with E-state index < -0.39 is 67.9 Å². The van der Waals surface area contributed by atoms with Crippen LogP contribution >= 0.6 is 0 Å². The van der Waals surface area contributed by atoms with E-state index >= 15 is 0 Å². The molecule has 13 nitrogen and oxygen atoms in total. The molecule has 0 aliphatic heterocycles. The molecule has 0 aromatic heterocycles. The van der Waals surface area contributed by atoms with Crippen LogP contribution in [0.15, 0.2) is 81.4 Å². The summed E-state index contributed by atoms with van der Waals surface area (Å²) in [4.78, 5) is 24.8. The van der Waals surface area contributed by atoms with E-state index in [9.17, 15) is 48.5 Å². The monoisotopic (exact) mass is 724 g/mol. The molecule has 0 unspecified atom stereocenters. The van der Waals surface area contributed by atoms with Crippen molar-refractivity contribution in [3.05, 3.63) is 100 Å². The van der Waals surface area contributed by atoms with Crippen LogP contribution in [0.3, 0.4) is 0 Å². The molecule has 19 heteroatoms. The summed E-state index contributed by atoms with van der Waals surface area (Å²) in [5, 5.41) is 5.13. The number of aryl methyl sites for hydroxylation is 2. The second kappa shape index (κ2) is 15.2. The van der Waals surface area contributed by atoms with Gasteiger partial charge in [0.25, 0.3) is 0 Å². The predicted molar refractivity (Wildman–Crippen MR) is 153 cm³/mol. The Morgan fingerprint density at radius 3 is 1.32 bits per heavy atom. The normalized spacial score (nSPS) is 12.4. The molecule has 0 atom stereocenters. The van der Waals surface area contributed by atoms with Gasteiger partial charge in [-0.2, -0.15) is 0 Å². The Morgan fingerprint density at radius 1 is 0.511 bits per heavy atom. The van der Waals surface area contributed by atoms with Crippen molar-refractivity contribution in [2.45, 2.75) is 28.5 Å². The summed E-state index contributed by atoms with van der Waals surface area (Å²) in [5.74, 6) is -1.52. The van der Waals surface area contributed by atoms with E-state index in [-0.39, 0.29) is 128 Å². The molecule has 2 N–H and O–H groups in total. The molecule has 1 aliphatic rings. The van der Waals surface area contributed by atoms with Gasteiger partial charge in [0.2, 0.25) is 0 Å². The number of hydrogen-bond acceptors (Lipinski definition) is 13. The fraction of sp³-hybridized carbons (Fsp3) is 0.0714. The smallest absolute Gasteiger partial charge is 0.744 e. The Labute approximate surface area is 337 Å². The van der Waals surface area contributed by atoms with Crippen LogP contribution in [0.4, 0.5) is 22.7 Å². The molecule has 0 heterocycles. The van der Waals surface area contributed by atoms with Crippen LogP contribution in [0, 0.1) is 13.8 Å². The van der Waals surface area contributed by atoms with Crippen molar-refractivity contribution >= 4 is 64.7 Å². The number of nitrogens with one attached hydrogen (secondary N) is 2. The maximum Gasteiger partial charge on any atom is 1.00 e. The quantitative estimate of drug-likeness (QED) is 0.118. The van der Waals surface area contributed by atoms with Crippen molar-refractivity contribution in [1.29, 1.82) is 0 Å². The van der Waals surface area contributed by atoms with Gasteiger partial charge in [-0.05, 0) is 61.4 Å². The van der Waals surface area contributed by atoms with Crippen LogP contribution in [0.2, 0.25) is 0 Å².